The van der Waals surface area contributed by atoms with Crippen molar-refractivity contribution in [3.05, 3.63) is 60.2 Å². The maximum absolute atomic E-state index is 13.9. The fraction of sp³-hybridized carbons (Fsp3) is 0.167. The maximum atomic E-state index is 13.9. The van der Waals surface area contributed by atoms with Crippen molar-refractivity contribution in [1.29, 1.82) is 0 Å². The Morgan fingerprint density at radius 1 is 1.03 bits per heavy atom. The summed E-state index contributed by atoms with van der Waals surface area (Å²) in [6.45, 7) is 0. The van der Waals surface area contributed by atoms with Crippen LogP contribution in [-0.2, 0) is 4.84 Å². The van der Waals surface area contributed by atoms with E-state index in [1.54, 1.807) is 0 Å². The van der Waals surface area contributed by atoms with Crippen molar-refractivity contribution in [3.8, 4) is 23.0 Å². The van der Waals surface area contributed by atoms with E-state index in [0.717, 1.165) is 6.39 Å². The first-order chi connectivity index (χ1) is 13.9. The van der Waals surface area contributed by atoms with Crippen LogP contribution in [-0.4, -0.2) is 22.5 Å². The van der Waals surface area contributed by atoms with Crippen LogP contribution < -0.4 is 9.47 Å². The van der Waals surface area contributed by atoms with E-state index in [9.17, 15) is 17.6 Å². The van der Waals surface area contributed by atoms with E-state index in [2.05, 4.69) is 20.1 Å². The molecule has 0 spiro atoms. The summed E-state index contributed by atoms with van der Waals surface area (Å²) in [5.74, 6) is -0.413. The van der Waals surface area contributed by atoms with Crippen LogP contribution in [0.3, 0.4) is 0 Å². The van der Waals surface area contributed by atoms with E-state index < -0.39 is 18.3 Å². The van der Waals surface area contributed by atoms with Gasteiger partial charge in [0.15, 0.2) is 6.10 Å². The lowest BCUT2D eigenvalue weighted by atomic mass is 10.1. The predicted octanol–water partition coefficient (Wildman–Crippen LogP) is 4.63. The highest BCUT2D eigenvalue weighted by atomic mass is 19.4. The molecule has 29 heavy (non-hydrogen) atoms. The Hall–Kier alpha value is -3.63. The summed E-state index contributed by atoms with van der Waals surface area (Å²) in [5.41, 5.74) is 0.656. The van der Waals surface area contributed by atoms with Gasteiger partial charge in [0, 0.05) is 0 Å². The molecule has 1 atom stereocenters. The molecule has 3 aromatic rings. The third kappa shape index (κ3) is 4.45. The van der Waals surface area contributed by atoms with Crippen molar-refractivity contribution in [3.63, 3.8) is 0 Å². The second kappa shape index (κ2) is 7.41. The second-order valence-corrected chi connectivity index (χ2v) is 5.89. The Kier molecular flexibility index (Phi) is 4.79. The van der Waals surface area contributed by atoms with Crippen molar-refractivity contribution in [2.75, 3.05) is 0 Å². The Labute approximate surface area is 160 Å². The van der Waals surface area contributed by atoms with Crippen LogP contribution in [0.1, 0.15) is 18.1 Å². The summed E-state index contributed by atoms with van der Waals surface area (Å²) in [6, 6.07) is 9.20. The molecule has 1 aromatic heterocycles. The fourth-order valence-electron chi connectivity index (χ4n) is 2.64. The minimum atomic E-state index is -4.76. The lowest BCUT2D eigenvalue weighted by molar-refractivity contribution is -0.274. The first kappa shape index (κ1) is 18.7. The molecule has 0 bridgehead atoms. The number of rotatable bonds is 4. The first-order valence-electron chi connectivity index (χ1n) is 8.20. The Balaban J connectivity index is 1.41. The maximum Gasteiger partial charge on any atom is 0.573 e. The highest BCUT2D eigenvalue weighted by molar-refractivity contribution is 5.80. The van der Waals surface area contributed by atoms with Gasteiger partial charge in [-0.25, -0.2) is 4.39 Å². The molecule has 0 saturated carbocycles. The molecular weight excluding hydrogens is 398 g/mol. The Bertz CT molecular complexity index is 1020. The molecule has 0 unspecified atom stereocenters. The number of hydrogen-bond donors (Lipinski definition) is 0. The molecule has 11 heteroatoms. The number of alkyl halides is 3. The molecule has 4 rings (SSSR count). The third-order valence-corrected chi connectivity index (χ3v) is 3.89. The minimum absolute atomic E-state index is 0.00315. The quantitative estimate of drug-likeness (QED) is 0.585. The predicted molar refractivity (Wildman–Crippen MR) is 89.3 cm³/mol. The first-order valence-corrected chi connectivity index (χ1v) is 8.20. The molecule has 2 aromatic carbocycles. The van der Waals surface area contributed by atoms with E-state index in [1.165, 1.54) is 42.5 Å². The molecule has 0 fully saturated rings. The van der Waals surface area contributed by atoms with E-state index >= 15 is 0 Å². The molecule has 2 heterocycles. The normalized spacial score (nSPS) is 16.3. The van der Waals surface area contributed by atoms with Gasteiger partial charge in [0.2, 0.25) is 12.3 Å². The number of halogens is 4. The highest BCUT2D eigenvalue weighted by Crippen LogP contribution is 2.32. The van der Waals surface area contributed by atoms with Gasteiger partial charge >= 0.3 is 6.36 Å². The number of oxime groups is 1. The van der Waals surface area contributed by atoms with E-state index in [4.69, 9.17) is 14.0 Å². The lowest BCUT2D eigenvalue weighted by Crippen LogP contribution is -2.17. The molecule has 0 radical (unpaired) electrons. The number of ether oxygens (including phenoxy) is 2. The van der Waals surface area contributed by atoms with Crippen molar-refractivity contribution in [2.45, 2.75) is 18.9 Å². The Morgan fingerprint density at radius 2 is 1.79 bits per heavy atom. The van der Waals surface area contributed by atoms with Gasteiger partial charge in [-0.05, 0) is 35.9 Å². The standard InChI is InChI=1S/C18H11F4N3O4/c19-14-6-5-12(7-13(14)17-24-23-9-26-17)27-16-8-15(29-25-16)10-1-3-11(4-2-10)28-18(20,21)22/h1-7,9,15H,8H2/t15-/m1/s1. The Morgan fingerprint density at radius 3 is 2.48 bits per heavy atom. The number of aromatic nitrogens is 2. The largest absolute Gasteiger partial charge is 0.573 e. The van der Waals surface area contributed by atoms with Crippen LogP contribution >= 0.6 is 0 Å². The van der Waals surface area contributed by atoms with E-state index in [0.29, 0.717) is 5.56 Å². The summed E-state index contributed by atoms with van der Waals surface area (Å²) in [4.78, 5) is 5.28. The van der Waals surface area contributed by atoms with Crippen molar-refractivity contribution in [1.82, 2.24) is 10.2 Å². The number of benzene rings is 2. The van der Waals surface area contributed by atoms with Gasteiger partial charge < -0.3 is 18.7 Å². The smallest absolute Gasteiger partial charge is 0.440 e. The van der Waals surface area contributed by atoms with E-state index in [-0.39, 0.29) is 35.3 Å². The zero-order valence-electron chi connectivity index (χ0n) is 14.4. The topological polar surface area (TPSA) is 79.0 Å². The SMILES string of the molecule is Fc1ccc(OC2=NO[C@@H](c3ccc(OC(F)(F)F)cc3)C2)cc1-c1nnco1. The third-order valence-electron chi connectivity index (χ3n) is 3.89. The highest BCUT2D eigenvalue weighted by Gasteiger charge is 2.31. The summed E-state index contributed by atoms with van der Waals surface area (Å²) < 4.78 is 65.0. The summed E-state index contributed by atoms with van der Waals surface area (Å²) in [7, 11) is 0. The minimum Gasteiger partial charge on any atom is -0.440 e. The summed E-state index contributed by atoms with van der Waals surface area (Å²) >= 11 is 0. The van der Waals surface area contributed by atoms with Crippen molar-refractivity contribution >= 4 is 5.90 Å². The summed E-state index contributed by atoms with van der Waals surface area (Å²) in [5, 5.41) is 11.0. The van der Waals surface area contributed by atoms with Crippen molar-refractivity contribution < 1.29 is 36.3 Å². The number of nitrogens with zero attached hydrogens (tertiary/aromatic N) is 3. The van der Waals surface area contributed by atoms with Crippen LogP contribution in [0.25, 0.3) is 11.5 Å². The average Bonchev–Trinajstić information content (AvgIpc) is 3.35. The van der Waals surface area contributed by atoms with Gasteiger partial charge in [-0.15, -0.1) is 23.4 Å². The molecule has 0 aliphatic carbocycles. The molecule has 0 N–H and O–H groups in total. The molecule has 0 saturated heterocycles. The van der Waals surface area contributed by atoms with E-state index in [1.807, 2.05) is 0 Å². The molecule has 1 aliphatic heterocycles. The van der Waals surface area contributed by atoms with Crippen LogP contribution in [0.5, 0.6) is 11.5 Å². The zero-order chi connectivity index (χ0) is 20.4. The monoisotopic (exact) mass is 409 g/mol. The van der Waals surface area contributed by atoms with Crippen molar-refractivity contribution in [2.24, 2.45) is 5.16 Å². The van der Waals surface area contributed by atoms with Crippen LogP contribution in [0, 0.1) is 5.82 Å². The molecule has 0 amide bonds. The van der Waals surface area contributed by atoms with Crippen LogP contribution in [0.4, 0.5) is 17.6 Å². The second-order valence-electron chi connectivity index (χ2n) is 5.89. The van der Waals surface area contributed by atoms with Gasteiger partial charge in [0.25, 0.3) is 5.89 Å². The molecule has 7 nitrogen and oxygen atoms in total. The molecule has 1 aliphatic rings. The average molecular weight is 409 g/mol. The lowest BCUT2D eigenvalue weighted by Gasteiger charge is -2.11. The van der Waals surface area contributed by atoms with Gasteiger partial charge in [-0.2, -0.15) is 0 Å². The molecular formula is C18H11F4N3O4. The van der Waals surface area contributed by atoms with Gasteiger partial charge in [0.1, 0.15) is 17.3 Å². The molecule has 150 valence electrons. The van der Waals surface area contributed by atoms with Crippen LogP contribution in [0.2, 0.25) is 0 Å². The van der Waals surface area contributed by atoms with Gasteiger partial charge in [-0.1, -0.05) is 17.3 Å². The summed E-state index contributed by atoms with van der Waals surface area (Å²) in [6.07, 6.45) is -4.00. The van der Waals surface area contributed by atoms with Gasteiger partial charge in [0.05, 0.1) is 12.0 Å². The van der Waals surface area contributed by atoms with Gasteiger partial charge in [-0.3, -0.25) is 0 Å². The van der Waals surface area contributed by atoms with Crippen LogP contribution in [0.15, 0.2) is 58.4 Å². The zero-order valence-corrected chi connectivity index (χ0v) is 14.4. The fourth-order valence-corrected chi connectivity index (χ4v) is 2.64. The number of hydrogen-bond acceptors (Lipinski definition) is 7.